The fourth-order valence-corrected chi connectivity index (χ4v) is 1.60. The van der Waals surface area contributed by atoms with Gasteiger partial charge in [0.2, 0.25) is 0 Å². The summed E-state index contributed by atoms with van der Waals surface area (Å²) in [6, 6.07) is 0. The molecule has 1 aliphatic heterocycles. The molecule has 0 spiro atoms. The van der Waals surface area contributed by atoms with Gasteiger partial charge in [0.15, 0.2) is 0 Å². The Bertz CT molecular complexity index is 356. The van der Waals surface area contributed by atoms with Crippen LogP contribution >= 0.6 is 11.6 Å². The van der Waals surface area contributed by atoms with Crippen LogP contribution in [0.1, 0.15) is 5.56 Å². The Morgan fingerprint density at radius 1 is 1.50 bits per heavy atom. The molecule has 0 aromatic carbocycles. The normalized spacial score (nSPS) is 20.8. The van der Waals surface area contributed by atoms with Gasteiger partial charge in [-0.2, -0.15) is 0 Å². The predicted octanol–water partition coefficient (Wildman–Crippen LogP) is 1.27. The summed E-state index contributed by atoms with van der Waals surface area (Å²) in [5, 5.41) is 3.65. The maximum atomic E-state index is 5.89. The first-order valence-corrected chi connectivity index (χ1v) is 5.55. The van der Waals surface area contributed by atoms with Gasteiger partial charge in [-0.05, 0) is 6.92 Å². The molecule has 0 aliphatic carbocycles. The maximum absolute atomic E-state index is 5.89. The molecule has 1 N–H and O–H groups in total. The third-order valence-corrected chi connectivity index (χ3v) is 2.79. The average molecular weight is 244 g/mol. The van der Waals surface area contributed by atoms with Gasteiger partial charge >= 0.3 is 0 Å². The van der Waals surface area contributed by atoms with Crippen LogP contribution in [0.25, 0.3) is 0 Å². The largest absolute Gasteiger partial charge is 0.376 e. The number of hydrogen-bond acceptors (Lipinski definition) is 5. The Morgan fingerprint density at radius 3 is 3.12 bits per heavy atom. The molecule has 0 bridgehead atoms. The van der Waals surface area contributed by atoms with E-state index in [1.807, 2.05) is 6.92 Å². The second kappa shape index (κ2) is 5.43. The van der Waals surface area contributed by atoms with E-state index < -0.39 is 0 Å². The van der Waals surface area contributed by atoms with Crippen molar-refractivity contribution in [2.45, 2.75) is 13.0 Å². The summed E-state index contributed by atoms with van der Waals surface area (Å²) >= 11 is 5.89. The fourth-order valence-electron chi connectivity index (χ4n) is 1.47. The molecule has 1 unspecified atom stereocenters. The minimum Gasteiger partial charge on any atom is -0.376 e. The van der Waals surface area contributed by atoms with Crippen LogP contribution in [0.3, 0.4) is 0 Å². The maximum Gasteiger partial charge on any atom is 0.137 e. The van der Waals surface area contributed by atoms with Gasteiger partial charge < -0.3 is 14.8 Å². The molecule has 1 aliphatic rings. The Hall–Kier alpha value is -0.910. The molecule has 2 heterocycles. The molecule has 16 heavy (non-hydrogen) atoms. The first kappa shape index (κ1) is 11.6. The van der Waals surface area contributed by atoms with Gasteiger partial charge in [-0.25, -0.2) is 9.97 Å². The van der Waals surface area contributed by atoms with Crippen LogP contribution in [0.5, 0.6) is 0 Å². The zero-order valence-corrected chi connectivity index (χ0v) is 9.83. The van der Waals surface area contributed by atoms with Crippen LogP contribution in [0.15, 0.2) is 6.33 Å². The van der Waals surface area contributed by atoms with E-state index in [1.165, 1.54) is 6.33 Å². The number of rotatable bonds is 3. The van der Waals surface area contributed by atoms with Crippen LogP contribution < -0.4 is 5.32 Å². The number of nitrogens with one attached hydrogen (secondary N) is 1. The third-order valence-electron chi connectivity index (χ3n) is 2.40. The Morgan fingerprint density at radius 2 is 2.38 bits per heavy atom. The van der Waals surface area contributed by atoms with Gasteiger partial charge in [-0.1, -0.05) is 11.6 Å². The highest BCUT2D eigenvalue weighted by Crippen LogP contribution is 2.17. The van der Waals surface area contributed by atoms with E-state index in [4.69, 9.17) is 21.1 Å². The van der Waals surface area contributed by atoms with E-state index in [-0.39, 0.29) is 6.10 Å². The SMILES string of the molecule is Cc1c(Cl)ncnc1NCC1COCCO1. The minimum absolute atomic E-state index is 0.0712. The van der Waals surface area contributed by atoms with Gasteiger partial charge in [-0.15, -0.1) is 0 Å². The van der Waals surface area contributed by atoms with E-state index in [1.54, 1.807) is 0 Å². The smallest absolute Gasteiger partial charge is 0.137 e. The van der Waals surface area contributed by atoms with Crippen molar-refractivity contribution in [3.63, 3.8) is 0 Å². The summed E-state index contributed by atoms with van der Waals surface area (Å²) in [6.45, 7) is 4.48. The number of anilines is 1. The topological polar surface area (TPSA) is 56.3 Å². The standard InChI is InChI=1S/C10H14ClN3O2/c1-7-9(11)13-6-14-10(7)12-4-8-5-15-2-3-16-8/h6,8H,2-5H2,1H3,(H,12,13,14). The van der Waals surface area contributed by atoms with Crippen LogP contribution in [0.4, 0.5) is 5.82 Å². The second-order valence-corrected chi connectivity index (χ2v) is 3.94. The third kappa shape index (κ3) is 2.81. The molecule has 0 amide bonds. The van der Waals surface area contributed by atoms with Crippen molar-refractivity contribution in [3.05, 3.63) is 17.0 Å². The van der Waals surface area contributed by atoms with Crippen molar-refractivity contribution >= 4 is 17.4 Å². The summed E-state index contributed by atoms with van der Waals surface area (Å²) in [5.74, 6) is 0.745. The average Bonchev–Trinajstić information content (AvgIpc) is 2.32. The summed E-state index contributed by atoms with van der Waals surface area (Å²) in [7, 11) is 0. The van der Waals surface area contributed by atoms with Gasteiger partial charge in [0.1, 0.15) is 17.3 Å². The molecule has 0 radical (unpaired) electrons. The number of hydrogen-bond donors (Lipinski definition) is 1. The van der Waals surface area contributed by atoms with Crippen molar-refractivity contribution in [1.29, 1.82) is 0 Å². The second-order valence-electron chi connectivity index (χ2n) is 3.59. The Balaban J connectivity index is 1.91. The number of ether oxygens (including phenoxy) is 2. The molecule has 1 saturated heterocycles. The van der Waals surface area contributed by atoms with Crippen molar-refractivity contribution in [1.82, 2.24) is 9.97 Å². The molecular weight excluding hydrogens is 230 g/mol. The summed E-state index contributed by atoms with van der Waals surface area (Å²) in [5.41, 5.74) is 0.848. The zero-order valence-electron chi connectivity index (χ0n) is 9.07. The van der Waals surface area contributed by atoms with Gasteiger partial charge in [0, 0.05) is 12.1 Å². The van der Waals surface area contributed by atoms with Crippen molar-refractivity contribution in [2.75, 3.05) is 31.7 Å². The highest BCUT2D eigenvalue weighted by molar-refractivity contribution is 6.30. The first-order valence-electron chi connectivity index (χ1n) is 5.17. The quantitative estimate of drug-likeness (QED) is 0.811. The molecule has 2 rings (SSSR count). The lowest BCUT2D eigenvalue weighted by atomic mass is 10.3. The molecule has 6 heteroatoms. The Kier molecular flexibility index (Phi) is 3.93. The molecule has 0 saturated carbocycles. The number of aromatic nitrogens is 2. The van der Waals surface area contributed by atoms with Gasteiger partial charge in [-0.3, -0.25) is 0 Å². The molecule has 1 aromatic rings. The van der Waals surface area contributed by atoms with E-state index in [0.29, 0.717) is 31.5 Å². The van der Waals surface area contributed by atoms with Crippen LogP contribution in [0, 0.1) is 6.92 Å². The highest BCUT2D eigenvalue weighted by Gasteiger charge is 2.14. The fraction of sp³-hybridized carbons (Fsp3) is 0.600. The highest BCUT2D eigenvalue weighted by atomic mass is 35.5. The van der Waals surface area contributed by atoms with Crippen LogP contribution in [-0.2, 0) is 9.47 Å². The lowest BCUT2D eigenvalue weighted by Crippen LogP contribution is -2.34. The van der Waals surface area contributed by atoms with Gasteiger partial charge in [0.25, 0.3) is 0 Å². The number of halogens is 1. The molecule has 1 aromatic heterocycles. The van der Waals surface area contributed by atoms with E-state index in [9.17, 15) is 0 Å². The molecule has 1 fully saturated rings. The number of nitrogens with zero attached hydrogens (tertiary/aromatic N) is 2. The van der Waals surface area contributed by atoms with E-state index in [2.05, 4.69) is 15.3 Å². The van der Waals surface area contributed by atoms with Crippen LogP contribution in [0.2, 0.25) is 5.15 Å². The molecular formula is C10H14ClN3O2. The molecule has 1 atom stereocenters. The van der Waals surface area contributed by atoms with Gasteiger partial charge in [0.05, 0.1) is 25.9 Å². The van der Waals surface area contributed by atoms with Crippen molar-refractivity contribution in [2.24, 2.45) is 0 Å². The Labute approximate surface area is 99.1 Å². The molecule has 88 valence electrons. The minimum atomic E-state index is 0.0712. The molecule has 5 nitrogen and oxygen atoms in total. The van der Waals surface area contributed by atoms with E-state index >= 15 is 0 Å². The summed E-state index contributed by atoms with van der Waals surface area (Å²) < 4.78 is 10.8. The monoisotopic (exact) mass is 243 g/mol. The van der Waals surface area contributed by atoms with E-state index in [0.717, 1.165) is 11.4 Å². The lowest BCUT2D eigenvalue weighted by Gasteiger charge is -2.23. The van der Waals surface area contributed by atoms with Crippen molar-refractivity contribution < 1.29 is 9.47 Å². The zero-order chi connectivity index (χ0) is 11.4. The first-order chi connectivity index (χ1) is 7.77. The van der Waals surface area contributed by atoms with Crippen molar-refractivity contribution in [3.8, 4) is 0 Å². The summed E-state index contributed by atoms with van der Waals surface area (Å²) in [4.78, 5) is 8.01. The summed E-state index contributed by atoms with van der Waals surface area (Å²) in [6.07, 6.45) is 1.51. The lowest BCUT2D eigenvalue weighted by molar-refractivity contribution is -0.0819. The predicted molar refractivity (Wildman–Crippen MR) is 60.8 cm³/mol. The van der Waals surface area contributed by atoms with Crippen LogP contribution in [-0.4, -0.2) is 42.4 Å².